The number of carbonyl (C=O) groups is 4. The number of rotatable bonds is 13. The Balaban J connectivity index is 0.00000331. The summed E-state index contributed by atoms with van der Waals surface area (Å²) in [5.41, 5.74) is 8.71. The molecule has 1 saturated heterocycles. The van der Waals surface area contributed by atoms with E-state index in [4.69, 9.17) is 14.2 Å². The Morgan fingerprint density at radius 1 is 0.836 bits per heavy atom. The predicted molar refractivity (Wildman–Crippen MR) is 252 cm³/mol. The number of halogens is 1. The highest BCUT2D eigenvalue weighted by Gasteiger charge is 2.36. The molecule has 2 unspecified atom stereocenters. The Labute approximate surface area is 378 Å². The summed E-state index contributed by atoms with van der Waals surface area (Å²) >= 11 is 0. The van der Waals surface area contributed by atoms with Crippen LogP contribution in [-0.4, -0.2) is 99.0 Å². The van der Waals surface area contributed by atoms with Crippen LogP contribution in [0, 0.1) is 17.7 Å². The second-order valence-electron chi connectivity index (χ2n) is 15.9. The quantitative estimate of drug-likeness (QED) is 0.207. The lowest BCUT2D eigenvalue weighted by Crippen LogP contribution is -2.54. The van der Waals surface area contributed by atoms with Gasteiger partial charge in [0.15, 0.2) is 0 Å². The molecule has 4 aliphatic rings. The molecule has 1 fully saturated rings. The molecule has 13 nitrogen and oxygen atoms in total. The molecule has 61 heavy (non-hydrogen) atoms. The van der Waals surface area contributed by atoms with E-state index in [9.17, 15) is 19.2 Å². The van der Waals surface area contributed by atoms with Gasteiger partial charge in [-0.1, -0.05) is 44.2 Å². The molecular weight excluding hydrogens is 840 g/mol. The van der Waals surface area contributed by atoms with Crippen molar-refractivity contribution in [2.24, 2.45) is 21.8 Å². The van der Waals surface area contributed by atoms with Crippen molar-refractivity contribution >= 4 is 98.7 Å². The van der Waals surface area contributed by atoms with Gasteiger partial charge in [-0.05, 0) is 96.1 Å². The number of hydrogen-bond donors (Lipinski definition) is 3. The molecule has 3 N–H and O–H groups in total. The van der Waals surface area contributed by atoms with E-state index in [0.29, 0.717) is 44.2 Å². The zero-order valence-electron chi connectivity index (χ0n) is 35.7. The fraction of sp³-hybridized carbons (Fsp3) is 0.455. The van der Waals surface area contributed by atoms with Gasteiger partial charge in [0.25, 0.3) is 0 Å². The summed E-state index contributed by atoms with van der Waals surface area (Å²) in [6, 6.07) is 9.98. The molecule has 0 aromatic heterocycles. The summed E-state index contributed by atoms with van der Waals surface area (Å²) in [4.78, 5) is 61.1. The first-order chi connectivity index (χ1) is 27.7. The largest absolute Gasteiger partial charge is 0.453 e. The number of carbonyl (C=O) groups excluding carboxylic acids is 4. The van der Waals surface area contributed by atoms with Gasteiger partial charge in [-0.15, -0.1) is 0 Å². The average molecular weight is 899 g/mol. The monoisotopic (exact) mass is 898 g/mol. The molecule has 0 spiro atoms. The number of nitrogens with one attached hydrogen (secondary N) is 3. The van der Waals surface area contributed by atoms with Crippen molar-refractivity contribution < 1.29 is 37.8 Å². The molecule has 17 heteroatoms. The van der Waals surface area contributed by atoms with Crippen LogP contribution in [0.4, 0.5) is 14.0 Å². The normalized spacial score (nSPS) is 19.8. The minimum atomic E-state index is -0.778. The Morgan fingerprint density at radius 2 is 1.43 bits per heavy atom. The van der Waals surface area contributed by atoms with E-state index in [1.807, 2.05) is 52.1 Å². The fourth-order valence-corrected chi connectivity index (χ4v) is 8.10. The van der Waals surface area contributed by atoms with Crippen molar-refractivity contribution in [3.05, 3.63) is 82.4 Å². The molecule has 0 saturated carbocycles. The molecule has 4 amide bonds. The predicted octanol–water partition coefficient (Wildman–Crippen LogP) is 6.52. The second-order valence-corrected chi connectivity index (χ2v) is 15.9. The first-order valence-corrected chi connectivity index (χ1v) is 19.7. The number of alkyl carbamates (subject to hydrolysis) is 2. The van der Waals surface area contributed by atoms with E-state index >= 15 is 4.39 Å². The number of ether oxygens (including phenoxy) is 3. The maximum Gasteiger partial charge on any atom is 0.407 e. The number of benzene rings is 2. The van der Waals surface area contributed by atoms with Gasteiger partial charge in [-0.25, -0.2) is 14.0 Å². The molecule has 0 radical (unpaired) electrons. The average Bonchev–Trinajstić information content (AvgIpc) is 3.97. The van der Waals surface area contributed by atoms with Gasteiger partial charge in [-0.3, -0.25) is 19.6 Å². The lowest BCUT2D eigenvalue weighted by molar-refractivity contribution is -0.132. The van der Waals surface area contributed by atoms with E-state index in [2.05, 4.69) is 44.1 Å². The van der Waals surface area contributed by atoms with Gasteiger partial charge < -0.3 is 35.1 Å². The number of fused-ring (bicyclic) bond motifs is 1. The third kappa shape index (κ3) is 12.5. The summed E-state index contributed by atoms with van der Waals surface area (Å²) in [5.74, 6) is -1.10. The van der Waals surface area contributed by atoms with Crippen molar-refractivity contribution in [1.82, 2.24) is 20.9 Å². The SMILES string of the molecule is COC(=O)NC(C(=O)NCC1=NC=C(c2ccc(C3=Cc4cc(C5=CN=C(CN(C)C(=O)[C@@H](NC(=O)OC)C(C)C)C5)ccc4C3)c(F)c2)C1)C1C[C@@H](C)O[C@@H](C)C1.S.S.S. The molecule has 0 bridgehead atoms. The zero-order valence-corrected chi connectivity index (χ0v) is 38.7. The van der Waals surface area contributed by atoms with Crippen LogP contribution < -0.4 is 16.0 Å². The lowest BCUT2D eigenvalue weighted by Gasteiger charge is -2.36. The number of amides is 4. The van der Waals surface area contributed by atoms with Crippen molar-refractivity contribution in [3.63, 3.8) is 0 Å². The van der Waals surface area contributed by atoms with Crippen LogP contribution in [-0.2, 0) is 30.2 Å². The standard InChI is InChI=1S/C44H53FN6O7.3H2S/c1-24(2)39(49-43(54)56-6)42(53)51(5)23-36-18-34(21-47-36)28-9-8-27-15-31(16-30(27)14-28)37-11-10-29(19-38(37)45)33-17-35(46-20-33)22-48-41(52)40(50-44(55)57-7)32-12-25(3)58-26(4)13-32;;;/h8-11,14,16,19-21,24-26,32,39-40H,12-13,15,17-18,22-23H2,1-7H3,(H,48,52)(H,49,54)(H,50,55);3*1H2/t25-,26+,32?,39-,40?;;;/m0.../s1. The van der Waals surface area contributed by atoms with Gasteiger partial charge >= 0.3 is 12.2 Å². The van der Waals surface area contributed by atoms with Gasteiger partial charge in [0, 0.05) is 49.3 Å². The van der Waals surface area contributed by atoms with Crippen LogP contribution >= 0.6 is 40.5 Å². The van der Waals surface area contributed by atoms with Gasteiger partial charge in [-0.2, -0.15) is 40.5 Å². The van der Waals surface area contributed by atoms with E-state index in [1.165, 1.54) is 20.3 Å². The van der Waals surface area contributed by atoms with Crippen LogP contribution in [0.3, 0.4) is 0 Å². The number of hydrogen-bond acceptors (Lipinski definition) is 9. The Kier molecular flexibility index (Phi) is 18.7. The third-order valence-electron chi connectivity index (χ3n) is 11.1. The first kappa shape index (κ1) is 50.8. The second kappa shape index (κ2) is 22.5. The van der Waals surface area contributed by atoms with Crippen molar-refractivity contribution in [2.45, 2.75) is 84.1 Å². The van der Waals surface area contributed by atoms with Gasteiger partial charge in [0.2, 0.25) is 11.8 Å². The number of nitrogens with zero attached hydrogens (tertiary/aromatic N) is 3. The Morgan fingerprint density at radius 3 is 2.05 bits per heavy atom. The van der Waals surface area contributed by atoms with Gasteiger partial charge in [0.1, 0.15) is 17.9 Å². The highest BCUT2D eigenvalue weighted by molar-refractivity contribution is 7.59. The van der Waals surface area contributed by atoms with Gasteiger partial charge in [0.05, 0.1) is 39.5 Å². The highest BCUT2D eigenvalue weighted by atomic mass is 32.1. The molecule has 5 atom stereocenters. The molecule has 332 valence electrons. The molecule has 1 aliphatic carbocycles. The van der Waals surface area contributed by atoms with E-state index in [-0.39, 0.29) is 88.7 Å². The molecule has 3 heterocycles. The van der Waals surface area contributed by atoms with Crippen molar-refractivity contribution in [3.8, 4) is 0 Å². The van der Waals surface area contributed by atoms with Crippen molar-refractivity contribution in [2.75, 3.05) is 34.4 Å². The number of methoxy groups -OCH3 is 2. The number of likely N-dealkylation sites (N-methyl/N-ethyl adjacent to an activating group) is 1. The highest BCUT2D eigenvalue weighted by Crippen LogP contribution is 2.37. The summed E-state index contributed by atoms with van der Waals surface area (Å²) in [5, 5.41) is 8.26. The Hall–Kier alpha value is -4.58. The lowest BCUT2D eigenvalue weighted by atomic mass is 9.85. The van der Waals surface area contributed by atoms with E-state index in [1.54, 1.807) is 18.1 Å². The minimum Gasteiger partial charge on any atom is -0.453 e. The third-order valence-corrected chi connectivity index (χ3v) is 11.1. The topological polar surface area (TPSA) is 160 Å². The summed E-state index contributed by atoms with van der Waals surface area (Å²) < 4.78 is 31.1. The maximum atomic E-state index is 15.8. The van der Waals surface area contributed by atoms with Crippen LogP contribution in [0.25, 0.3) is 22.8 Å². The molecule has 6 rings (SSSR count). The molecule has 2 aromatic carbocycles. The fourth-order valence-electron chi connectivity index (χ4n) is 8.10. The summed E-state index contributed by atoms with van der Waals surface area (Å²) in [6.07, 6.45) is 7.06. The van der Waals surface area contributed by atoms with E-state index < -0.39 is 24.3 Å². The van der Waals surface area contributed by atoms with Crippen LogP contribution in [0.5, 0.6) is 0 Å². The minimum absolute atomic E-state index is 0. The molecule has 3 aliphatic heterocycles. The van der Waals surface area contributed by atoms with Crippen LogP contribution in [0.1, 0.15) is 81.2 Å². The summed E-state index contributed by atoms with van der Waals surface area (Å²) in [6.45, 7) is 8.15. The zero-order chi connectivity index (χ0) is 41.7. The first-order valence-electron chi connectivity index (χ1n) is 19.7. The number of aliphatic imine (C=N–C) groups is 2. The molecular formula is C44H59FN6O7S3. The Bertz CT molecular complexity index is 2110. The van der Waals surface area contributed by atoms with E-state index in [0.717, 1.165) is 50.4 Å². The van der Waals surface area contributed by atoms with Crippen LogP contribution in [0.15, 0.2) is 58.8 Å². The molecule has 2 aromatic rings. The van der Waals surface area contributed by atoms with Crippen molar-refractivity contribution in [1.29, 1.82) is 0 Å². The number of allylic oxidation sites excluding steroid dienone is 3. The smallest absolute Gasteiger partial charge is 0.407 e. The van der Waals surface area contributed by atoms with Crippen LogP contribution in [0.2, 0.25) is 0 Å². The summed E-state index contributed by atoms with van der Waals surface area (Å²) in [7, 11) is 4.23. The maximum absolute atomic E-state index is 15.8.